The predicted octanol–water partition coefficient (Wildman–Crippen LogP) is 4.43. The van der Waals surface area contributed by atoms with Gasteiger partial charge in [0.25, 0.3) is 5.91 Å². The first-order valence-corrected chi connectivity index (χ1v) is 7.70. The second-order valence-electron chi connectivity index (χ2n) is 5.24. The molecule has 0 radical (unpaired) electrons. The van der Waals surface area contributed by atoms with E-state index >= 15 is 0 Å². The summed E-state index contributed by atoms with van der Waals surface area (Å²) in [5.41, 5.74) is 2.92. The van der Waals surface area contributed by atoms with Gasteiger partial charge < -0.3 is 10.6 Å². The third kappa shape index (κ3) is 4.08. The highest BCUT2D eigenvalue weighted by Gasteiger charge is 2.09. The molecule has 0 aliphatic heterocycles. The molecule has 3 rings (SSSR count). The van der Waals surface area contributed by atoms with E-state index in [2.05, 4.69) is 20.6 Å². The number of nitrogens with zero attached hydrogens (tertiary/aromatic N) is 2. The van der Waals surface area contributed by atoms with Crippen LogP contribution >= 0.6 is 11.6 Å². The Morgan fingerprint density at radius 2 is 1.79 bits per heavy atom. The Hall–Kier alpha value is -2.92. The van der Waals surface area contributed by atoms with Crippen molar-refractivity contribution >= 4 is 34.7 Å². The molecule has 0 saturated carbocycles. The van der Waals surface area contributed by atoms with Gasteiger partial charge >= 0.3 is 0 Å². The van der Waals surface area contributed by atoms with Crippen LogP contribution < -0.4 is 10.6 Å². The number of aryl methyl sites for hydroxylation is 1. The Balaban J connectivity index is 1.67. The largest absolute Gasteiger partial charge is 0.339 e. The molecule has 24 heavy (non-hydrogen) atoms. The van der Waals surface area contributed by atoms with Crippen LogP contribution in [0, 0.1) is 6.92 Å². The van der Waals surface area contributed by atoms with E-state index in [0.717, 1.165) is 5.69 Å². The zero-order valence-corrected chi connectivity index (χ0v) is 13.7. The van der Waals surface area contributed by atoms with Crippen LogP contribution in [0.4, 0.5) is 17.2 Å². The van der Waals surface area contributed by atoms with Gasteiger partial charge in [-0.1, -0.05) is 35.4 Å². The molecule has 0 aliphatic carbocycles. The number of amides is 1. The molecule has 0 spiro atoms. The maximum Gasteiger partial charge on any atom is 0.275 e. The van der Waals surface area contributed by atoms with E-state index in [1.807, 2.05) is 31.2 Å². The Morgan fingerprint density at radius 1 is 1.00 bits per heavy atom. The van der Waals surface area contributed by atoms with E-state index < -0.39 is 0 Å². The molecule has 0 aliphatic rings. The molecule has 2 N–H and O–H groups in total. The molecule has 1 heterocycles. The summed E-state index contributed by atoms with van der Waals surface area (Å²) in [5, 5.41) is 6.41. The summed E-state index contributed by atoms with van der Waals surface area (Å²) in [6.45, 7) is 2.02. The number of benzene rings is 2. The summed E-state index contributed by atoms with van der Waals surface area (Å²) < 4.78 is 0. The van der Waals surface area contributed by atoms with E-state index in [9.17, 15) is 4.79 Å². The number of anilines is 3. The average molecular weight is 339 g/mol. The minimum Gasteiger partial charge on any atom is -0.339 e. The third-order valence-electron chi connectivity index (χ3n) is 3.29. The summed E-state index contributed by atoms with van der Waals surface area (Å²) in [6, 6.07) is 14.8. The Labute approximate surface area is 144 Å². The zero-order valence-electron chi connectivity index (χ0n) is 13.0. The first kappa shape index (κ1) is 16.0. The fraction of sp³-hybridized carbons (Fsp3) is 0.0556. The van der Waals surface area contributed by atoms with Gasteiger partial charge in [-0.15, -0.1) is 0 Å². The van der Waals surface area contributed by atoms with Crippen molar-refractivity contribution in [1.29, 1.82) is 0 Å². The standard InChI is InChI=1S/C18H15ClN4O/c1-12-5-7-14(8-6-12)22-17-11-20-16(10-21-17)18(24)23-15-4-2-3-13(19)9-15/h2-11H,1H3,(H,21,22)(H,23,24). The molecule has 0 saturated heterocycles. The lowest BCUT2D eigenvalue weighted by Crippen LogP contribution is -2.14. The van der Waals surface area contributed by atoms with E-state index in [1.54, 1.807) is 24.3 Å². The monoisotopic (exact) mass is 338 g/mol. The third-order valence-corrected chi connectivity index (χ3v) is 3.53. The van der Waals surface area contributed by atoms with Gasteiger partial charge in [-0.25, -0.2) is 9.97 Å². The van der Waals surface area contributed by atoms with Crippen molar-refractivity contribution in [3.8, 4) is 0 Å². The van der Waals surface area contributed by atoms with Crippen molar-refractivity contribution < 1.29 is 4.79 Å². The van der Waals surface area contributed by atoms with Crippen molar-refractivity contribution in [3.63, 3.8) is 0 Å². The minimum absolute atomic E-state index is 0.226. The van der Waals surface area contributed by atoms with Gasteiger partial charge in [-0.3, -0.25) is 4.79 Å². The highest BCUT2D eigenvalue weighted by Crippen LogP contribution is 2.16. The SMILES string of the molecule is Cc1ccc(Nc2cnc(C(=O)Nc3cccc(Cl)c3)cn2)cc1. The molecule has 0 bridgehead atoms. The summed E-state index contributed by atoms with van der Waals surface area (Å²) in [6.07, 6.45) is 2.95. The van der Waals surface area contributed by atoms with Gasteiger partial charge in [0.1, 0.15) is 11.5 Å². The number of nitrogens with one attached hydrogen (secondary N) is 2. The maximum atomic E-state index is 12.2. The summed E-state index contributed by atoms with van der Waals surface area (Å²) >= 11 is 5.89. The second-order valence-corrected chi connectivity index (χ2v) is 5.68. The van der Waals surface area contributed by atoms with Crippen LogP contribution in [0.3, 0.4) is 0 Å². The first-order valence-electron chi connectivity index (χ1n) is 7.33. The van der Waals surface area contributed by atoms with E-state index in [0.29, 0.717) is 16.5 Å². The summed E-state index contributed by atoms with van der Waals surface area (Å²) in [5.74, 6) is 0.227. The lowest BCUT2D eigenvalue weighted by molar-refractivity contribution is 0.102. The molecule has 6 heteroatoms. The van der Waals surface area contributed by atoms with Gasteiger partial charge in [0, 0.05) is 16.4 Å². The molecular weight excluding hydrogens is 324 g/mol. The number of halogens is 1. The summed E-state index contributed by atoms with van der Waals surface area (Å²) in [4.78, 5) is 20.5. The molecule has 3 aromatic rings. The van der Waals surface area contributed by atoms with Gasteiger partial charge in [0.2, 0.25) is 0 Å². The smallest absolute Gasteiger partial charge is 0.275 e. The molecule has 2 aromatic carbocycles. The van der Waals surface area contributed by atoms with Crippen LogP contribution in [0.1, 0.15) is 16.1 Å². The number of carbonyl (C=O) groups excluding carboxylic acids is 1. The van der Waals surface area contributed by atoms with Crippen LogP contribution in [0.2, 0.25) is 5.02 Å². The molecule has 5 nitrogen and oxygen atoms in total. The van der Waals surface area contributed by atoms with Gasteiger partial charge in [-0.05, 0) is 37.3 Å². The number of hydrogen-bond donors (Lipinski definition) is 2. The fourth-order valence-corrected chi connectivity index (χ4v) is 2.25. The quantitative estimate of drug-likeness (QED) is 0.738. The number of carbonyl (C=O) groups is 1. The second kappa shape index (κ2) is 7.10. The zero-order chi connectivity index (χ0) is 16.9. The highest BCUT2D eigenvalue weighted by molar-refractivity contribution is 6.30. The van der Waals surface area contributed by atoms with Crippen LogP contribution in [0.15, 0.2) is 60.9 Å². The maximum absolute atomic E-state index is 12.2. The molecule has 0 unspecified atom stereocenters. The molecular formula is C18H15ClN4O. The van der Waals surface area contributed by atoms with Crippen molar-refractivity contribution in [2.75, 3.05) is 10.6 Å². The Bertz CT molecular complexity index is 848. The fourth-order valence-electron chi connectivity index (χ4n) is 2.06. The molecule has 0 atom stereocenters. The Morgan fingerprint density at radius 3 is 2.46 bits per heavy atom. The van der Waals surface area contributed by atoms with Crippen LogP contribution in [-0.4, -0.2) is 15.9 Å². The number of hydrogen-bond acceptors (Lipinski definition) is 4. The van der Waals surface area contributed by atoms with E-state index in [-0.39, 0.29) is 11.6 Å². The normalized spacial score (nSPS) is 10.2. The molecule has 120 valence electrons. The van der Waals surface area contributed by atoms with Crippen molar-refractivity contribution in [1.82, 2.24) is 9.97 Å². The number of rotatable bonds is 4. The number of aromatic nitrogens is 2. The lowest BCUT2D eigenvalue weighted by atomic mass is 10.2. The molecule has 0 fully saturated rings. The highest BCUT2D eigenvalue weighted by atomic mass is 35.5. The van der Waals surface area contributed by atoms with Crippen molar-refractivity contribution in [2.24, 2.45) is 0 Å². The average Bonchev–Trinajstić information content (AvgIpc) is 2.57. The van der Waals surface area contributed by atoms with Crippen molar-refractivity contribution in [3.05, 3.63) is 77.2 Å². The van der Waals surface area contributed by atoms with Crippen LogP contribution in [-0.2, 0) is 0 Å². The molecule has 1 aromatic heterocycles. The van der Waals surface area contributed by atoms with Crippen molar-refractivity contribution in [2.45, 2.75) is 6.92 Å². The predicted molar refractivity (Wildman–Crippen MR) is 95.9 cm³/mol. The topological polar surface area (TPSA) is 66.9 Å². The van der Waals surface area contributed by atoms with Crippen LogP contribution in [0.5, 0.6) is 0 Å². The van der Waals surface area contributed by atoms with Crippen LogP contribution in [0.25, 0.3) is 0 Å². The Kier molecular flexibility index (Phi) is 4.72. The first-order chi connectivity index (χ1) is 11.6. The lowest BCUT2D eigenvalue weighted by Gasteiger charge is -2.07. The van der Waals surface area contributed by atoms with Gasteiger partial charge in [-0.2, -0.15) is 0 Å². The van der Waals surface area contributed by atoms with E-state index in [4.69, 9.17) is 11.6 Å². The van der Waals surface area contributed by atoms with Gasteiger partial charge in [0.15, 0.2) is 0 Å². The van der Waals surface area contributed by atoms with Gasteiger partial charge in [0.05, 0.1) is 12.4 Å². The van der Waals surface area contributed by atoms with E-state index in [1.165, 1.54) is 18.0 Å². The summed E-state index contributed by atoms with van der Waals surface area (Å²) in [7, 11) is 0. The molecule has 1 amide bonds. The minimum atomic E-state index is -0.341.